The Balaban J connectivity index is 3.00. The van der Waals surface area contributed by atoms with Crippen LogP contribution in [0.1, 0.15) is 18.9 Å². The van der Waals surface area contributed by atoms with Crippen molar-refractivity contribution in [2.24, 2.45) is 0 Å². The van der Waals surface area contributed by atoms with Crippen molar-refractivity contribution < 1.29 is 14.6 Å². The van der Waals surface area contributed by atoms with E-state index in [-0.39, 0.29) is 0 Å². The molecule has 1 rings (SSSR count). The summed E-state index contributed by atoms with van der Waals surface area (Å²) in [6.07, 6.45) is 2.16. The van der Waals surface area contributed by atoms with Crippen LogP contribution in [-0.4, -0.2) is 18.2 Å². The van der Waals surface area contributed by atoms with Crippen molar-refractivity contribution in [1.29, 1.82) is 0 Å². The van der Waals surface area contributed by atoms with Crippen LogP contribution in [0, 0.1) is 0 Å². The minimum Gasteiger partial charge on any atom is -0.497 e. The number of methoxy groups -OCH3 is 1. The molecule has 0 aliphatic carbocycles. The Hall–Kier alpha value is -1.77. The molecule has 0 fully saturated rings. The number of carboxylic acid groups (broad SMARTS) is 1. The van der Waals surface area contributed by atoms with Gasteiger partial charge in [0.15, 0.2) is 0 Å². The molecule has 0 unspecified atom stereocenters. The van der Waals surface area contributed by atoms with Gasteiger partial charge in [-0.05, 0) is 30.2 Å². The van der Waals surface area contributed by atoms with Crippen molar-refractivity contribution in [3.63, 3.8) is 0 Å². The van der Waals surface area contributed by atoms with Crippen LogP contribution in [0.25, 0.3) is 6.08 Å². The number of aliphatic carboxylic acids is 1. The summed E-state index contributed by atoms with van der Waals surface area (Å²) in [5, 5.41) is 8.86. The Morgan fingerprint density at radius 2 is 2.27 bits per heavy atom. The highest BCUT2D eigenvalue weighted by molar-refractivity contribution is 5.92. The summed E-state index contributed by atoms with van der Waals surface area (Å²) in [6, 6.07) is 7.31. The first-order chi connectivity index (χ1) is 7.17. The van der Waals surface area contributed by atoms with E-state index in [2.05, 4.69) is 0 Å². The van der Waals surface area contributed by atoms with Crippen LogP contribution in [-0.2, 0) is 4.79 Å². The van der Waals surface area contributed by atoms with Crippen molar-refractivity contribution >= 4 is 12.0 Å². The molecule has 1 aromatic carbocycles. The van der Waals surface area contributed by atoms with Gasteiger partial charge in [-0.15, -0.1) is 0 Å². The molecule has 80 valence electrons. The van der Waals surface area contributed by atoms with E-state index in [9.17, 15) is 4.79 Å². The maximum atomic E-state index is 10.8. The van der Waals surface area contributed by atoms with E-state index in [4.69, 9.17) is 9.84 Å². The smallest absolute Gasteiger partial charge is 0.331 e. The summed E-state index contributed by atoms with van der Waals surface area (Å²) >= 11 is 0. The van der Waals surface area contributed by atoms with Crippen molar-refractivity contribution in [1.82, 2.24) is 0 Å². The maximum Gasteiger partial charge on any atom is 0.331 e. The lowest BCUT2D eigenvalue weighted by atomic mass is 10.1. The van der Waals surface area contributed by atoms with Gasteiger partial charge in [-0.1, -0.05) is 19.1 Å². The molecular weight excluding hydrogens is 192 g/mol. The summed E-state index contributed by atoms with van der Waals surface area (Å²) in [4.78, 5) is 10.8. The van der Waals surface area contributed by atoms with Gasteiger partial charge in [0, 0.05) is 5.57 Å². The Labute approximate surface area is 89.0 Å². The number of hydrogen-bond donors (Lipinski definition) is 1. The van der Waals surface area contributed by atoms with Gasteiger partial charge >= 0.3 is 5.97 Å². The molecule has 0 spiro atoms. The van der Waals surface area contributed by atoms with Crippen molar-refractivity contribution in [2.45, 2.75) is 13.3 Å². The zero-order valence-corrected chi connectivity index (χ0v) is 8.86. The number of ether oxygens (including phenoxy) is 1. The highest BCUT2D eigenvalue weighted by atomic mass is 16.5. The zero-order valence-electron chi connectivity index (χ0n) is 8.86. The van der Waals surface area contributed by atoms with Crippen LogP contribution in [0.15, 0.2) is 29.8 Å². The summed E-state index contributed by atoms with van der Waals surface area (Å²) in [6.45, 7) is 1.82. The molecule has 0 bridgehead atoms. The molecule has 3 heteroatoms. The molecule has 0 heterocycles. The van der Waals surface area contributed by atoms with Crippen molar-refractivity contribution in [2.75, 3.05) is 7.11 Å². The van der Waals surface area contributed by atoms with Gasteiger partial charge in [0.05, 0.1) is 7.11 Å². The van der Waals surface area contributed by atoms with E-state index >= 15 is 0 Å². The van der Waals surface area contributed by atoms with E-state index in [0.717, 1.165) is 11.3 Å². The summed E-state index contributed by atoms with van der Waals surface area (Å²) in [5.74, 6) is -0.148. The highest BCUT2D eigenvalue weighted by Crippen LogP contribution is 2.16. The molecule has 0 saturated heterocycles. The molecule has 0 saturated carbocycles. The molecule has 0 amide bonds. The third-order valence-corrected chi connectivity index (χ3v) is 2.09. The molecule has 0 aliphatic heterocycles. The van der Waals surface area contributed by atoms with Crippen LogP contribution >= 0.6 is 0 Å². The summed E-state index contributed by atoms with van der Waals surface area (Å²) in [7, 11) is 1.58. The van der Waals surface area contributed by atoms with Crippen LogP contribution < -0.4 is 4.74 Å². The second-order valence-electron chi connectivity index (χ2n) is 3.10. The lowest BCUT2D eigenvalue weighted by molar-refractivity contribution is -0.132. The molecule has 1 aromatic rings. The number of benzene rings is 1. The van der Waals surface area contributed by atoms with Crippen molar-refractivity contribution in [3.05, 3.63) is 35.4 Å². The molecule has 15 heavy (non-hydrogen) atoms. The molecule has 0 atom stereocenters. The number of carboxylic acids is 1. The average Bonchev–Trinajstić information content (AvgIpc) is 2.25. The third-order valence-electron chi connectivity index (χ3n) is 2.09. The first-order valence-corrected chi connectivity index (χ1v) is 4.75. The van der Waals surface area contributed by atoms with Gasteiger partial charge in [-0.25, -0.2) is 4.79 Å². The predicted octanol–water partition coefficient (Wildman–Crippen LogP) is 2.57. The van der Waals surface area contributed by atoms with E-state index in [1.807, 2.05) is 25.1 Å². The van der Waals surface area contributed by atoms with E-state index in [0.29, 0.717) is 12.0 Å². The molecule has 3 nitrogen and oxygen atoms in total. The van der Waals surface area contributed by atoms with E-state index in [1.54, 1.807) is 19.3 Å². The normalized spacial score (nSPS) is 11.2. The molecule has 0 aliphatic rings. The molecule has 0 aromatic heterocycles. The van der Waals surface area contributed by atoms with Gasteiger partial charge in [-0.3, -0.25) is 0 Å². The number of rotatable bonds is 4. The summed E-state index contributed by atoms with van der Waals surface area (Å²) < 4.78 is 5.05. The lowest BCUT2D eigenvalue weighted by Gasteiger charge is -2.02. The van der Waals surface area contributed by atoms with Gasteiger partial charge in [0.1, 0.15) is 5.75 Å². The number of hydrogen-bond acceptors (Lipinski definition) is 2. The largest absolute Gasteiger partial charge is 0.497 e. The predicted molar refractivity (Wildman–Crippen MR) is 58.9 cm³/mol. The molecule has 0 radical (unpaired) electrons. The minimum atomic E-state index is -0.875. The Morgan fingerprint density at radius 1 is 1.53 bits per heavy atom. The zero-order chi connectivity index (χ0) is 11.3. The first-order valence-electron chi connectivity index (χ1n) is 4.75. The fraction of sp³-hybridized carbons (Fsp3) is 0.250. The standard InChI is InChI=1S/C12H14O3/c1-3-10(12(13)14)7-9-5-4-6-11(8-9)15-2/h4-8H,3H2,1-2H3,(H,13,14)/b10-7+. The topological polar surface area (TPSA) is 46.5 Å². The Bertz CT molecular complexity index is 380. The second-order valence-corrected chi connectivity index (χ2v) is 3.10. The summed E-state index contributed by atoms with van der Waals surface area (Å²) in [5.41, 5.74) is 1.23. The fourth-order valence-electron chi connectivity index (χ4n) is 1.25. The maximum absolute atomic E-state index is 10.8. The monoisotopic (exact) mass is 206 g/mol. The van der Waals surface area contributed by atoms with Crippen LogP contribution in [0.4, 0.5) is 0 Å². The van der Waals surface area contributed by atoms with E-state index < -0.39 is 5.97 Å². The Kier molecular flexibility index (Phi) is 3.92. The van der Waals surface area contributed by atoms with Gasteiger partial charge in [0.25, 0.3) is 0 Å². The second kappa shape index (κ2) is 5.20. The number of carbonyl (C=O) groups is 1. The van der Waals surface area contributed by atoms with E-state index in [1.165, 1.54) is 0 Å². The highest BCUT2D eigenvalue weighted by Gasteiger charge is 2.04. The molecule has 1 N–H and O–H groups in total. The molecular formula is C12H14O3. The first kappa shape index (κ1) is 11.3. The minimum absolute atomic E-state index is 0.392. The van der Waals surface area contributed by atoms with Gasteiger partial charge in [-0.2, -0.15) is 0 Å². The fourth-order valence-corrected chi connectivity index (χ4v) is 1.25. The SMILES string of the molecule is CC/C(=C\c1cccc(OC)c1)C(=O)O. The average molecular weight is 206 g/mol. The quantitative estimate of drug-likeness (QED) is 0.770. The van der Waals surface area contributed by atoms with Crippen molar-refractivity contribution in [3.8, 4) is 5.75 Å². The third kappa shape index (κ3) is 3.13. The van der Waals surface area contributed by atoms with Crippen LogP contribution in [0.5, 0.6) is 5.75 Å². The van der Waals surface area contributed by atoms with Crippen LogP contribution in [0.2, 0.25) is 0 Å². The van der Waals surface area contributed by atoms with Gasteiger partial charge in [0.2, 0.25) is 0 Å². The van der Waals surface area contributed by atoms with Crippen LogP contribution in [0.3, 0.4) is 0 Å². The van der Waals surface area contributed by atoms with Gasteiger partial charge < -0.3 is 9.84 Å². The lowest BCUT2D eigenvalue weighted by Crippen LogP contribution is -1.98. The Morgan fingerprint density at radius 3 is 2.80 bits per heavy atom.